The zero-order valence-electron chi connectivity index (χ0n) is 13.1. The van der Waals surface area contributed by atoms with E-state index in [1.165, 1.54) is 0 Å². The second-order valence-corrected chi connectivity index (χ2v) is 6.11. The van der Waals surface area contributed by atoms with Gasteiger partial charge in [0.2, 0.25) is 0 Å². The predicted octanol–water partition coefficient (Wildman–Crippen LogP) is 2.66. The third kappa shape index (κ3) is 4.00. The third-order valence-electron chi connectivity index (χ3n) is 3.82. The van der Waals surface area contributed by atoms with Crippen LogP contribution in [0.3, 0.4) is 0 Å². The van der Waals surface area contributed by atoms with Gasteiger partial charge in [-0.2, -0.15) is 0 Å². The molecule has 0 spiro atoms. The van der Waals surface area contributed by atoms with Crippen molar-refractivity contribution in [2.75, 3.05) is 19.7 Å². The summed E-state index contributed by atoms with van der Waals surface area (Å²) in [5.74, 6) is -0.205. The number of carbonyl (C=O) groups is 2. The number of carboxylic acids is 1. The first-order valence-electron chi connectivity index (χ1n) is 7.73. The number of nitrogens with zero attached hydrogens (tertiary/aromatic N) is 1. The maximum absolute atomic E-state index is 12.6. The molecule has 1 fully saturated rings. The van der Waals surface area contributed by atoms with Crippen LogP contribution in [0, 0.1) is 11.8 Å². The molecule has 0 aliphatic carbocycles. The van der Waals surface area contributed by atoms with Crippen LogP contribution in [-0.4, -0.2) is 41.6 Å². The zero-order valence-corrected chi connectivity index (χ0v) is 13.1. The average Bonchev–Trinajstić information content (AvgIpc) is 2.52. The number of hydrogen-bond donors (Lipinski definition) is 1. The van der Waals surface area contributed by atoms with Crippen molar-refractivity contribution in [2.45, 2.75) is 26.7 Å². The number of para-hydroxylation sites is 1. The van der Waals surface area contributed by atoms with Gasteiger partial charge in [0.05, 0.1) is 18.1 Å². The fraction of sp³-hybridized carbons (Fsp3) is 0.529. The Morgan fingerprint density at radius 2 is 1.91 bits per heavy atom. The van der Waals surface area contributed by atoms with Crippen LogP contribution in [0.1, 0.15) is 37.0 Å². The largest absolute Gasteiger partial charge is 0.492 e. The van der Waals surface area contributed by atoms with E-state index < -0.39 is 5.97 Å². The van der Waals surface area contributed by atoms with Gasteiger partial charge >= 0.3 is 5.97 Å². The van der Waals surface area contributed by atoms with Crippen molar-refractivity contribution in [2.24, 2.45) is 11.8 Å². The van der Waals surface area contributed by atoms with E-state index in [0.29, 0.717) is 49.8 Å². The first-order chi connectivity index (χ1) is 10.5. The van der Waals surface area contributed by atoms with Crippen LogP contribution in [-0.2, 0) is 4.79 Å². The lowest BCUT2D eigenvalue weighted by Crippen LogP contribution is -2.40. The maximum Gasteiger partial charge on any atom is 0.306 e. The molecule has 0 atom stereocenters. The molecule has 0 aromatic heterocycles. The van der Waals surface area contributed by atoms with Gasteiger partial charge in [-0.25, -0.2) is 0 Å². The Bertz CT molecular complexity index is 533. The molecule has 0 bridgehead atoms. The minimum absolute atomic E-state index is 0.0804. The number of amides is 1. The molecule has 1 amide bonds. The molecular weight excluding hydrogens is 282 g/mol. The van der Waals surface area contributed by atoms with Gasteiger partial charge in [0.15, 0.2) is 0 Å². The van der Waals surface area contributed by atoms with Gasteiger partial charge in [-0.1, -0.05) is 26.0 Å². The van der Waals surface area contributed by atoms with Crippen molar-refractivity contribution >= 4 is 11.9 Å². The fourth-order valence-corrected chi connectivity index (χ4v) is 2.53. The van der Waals surface area contributed by atoms with Crippen molar-refractivity contribution in [1.82, 2.24) is 4.90 Å². The number of aliphatic carboxylic acids is 1. The minimum Gasteiger partial charge on any atom is -0.492 e. The van der Waals surface area contributed by atoms with Crippen LogP contribution in [0.2, 0.25) is 0 Å². The summed E-state index contributed by atoms with van der Waals surface area (Å²) in [6.07, 6.45) is 1.02. The van der Waals surface area contributed by atoms with Gasteiger partial charge in [0.1, 0.15) is 5.75 Å². The second-order valence-electron chi connectivity index (χ2n) is 6.11. The van der Waals surface area contributed by atoms with E-state index in [9.17, 15) is 9.59 Å². The first kappa shape index (κ1) is 16.3. The van der Waals surface area contributed by atoms with E-state index in [1.807, 2.05) is 12.1 Å². The van der Waals surface area contributed by atoms with Gasteiger partial charge in [0, 0.05) is 13.1 Å². The SMILES string of the molecule is CC(C)COc1ccccc1C(=O)N1CCC(C(=O)O)CC1. The highest BCUT2D eigenvalue weighted by molar-refractivity contribution is 5.97. The molecule has 1 N–H and O–H groups in total. The molecule has 1 heterocycles. The Kier molecular flexibility index (Phi) is 5.41. The maximum atomic E-state index is 12.6. The zero-order chi connectivity index (χ0) is 16.1. The molecule has 5 nitrogen and oxygen atoms in total. The Morgan fingerprint density at radius 3 is 2.50 bits per heavy atom. The highest BCUT2D eigenvalue weighted by Crippen LogP contribution is 2.24. The van der Waals surface area contributed by atoms with Gasteiger partial charge in [-0.05, 0) is 30.9 Å². The van der Waals surface area contributed by atoms with E-state index in [0.717, 1.165) is 0 Å². The summed E-state index contributed by atoms with van der Waals surface area (Å²) in [5, 5.41) is 9.02. The van der Waals surface area contributed by atoms with Crippen LogP contribution in [0.15, 0.2) is 24.3 Å². The lowest BCUT2D eigenvalue weighted by Gasteiger charge is -2.30. The van der Waals surface area contributed by atoms with E-state index in [2.05, 4.69) is 13.8 Å². The van der Waals surface area contributed by atoms with E-state index >= 15 is 0 Å². The molecule has 0 unspecified atom stereocenters. The minimum atomic E-state index is -0.771. The summed E-state index contributed by atoms with van der Waals surface area (Å²) in [7, 11) is 0. The third-order valence-corrected chi connectivity index (χ3v) is 3.82. The second kappa shape index (κ2) is 7.29. The summed E-state index contributed by atoms with van der Waals surface area (Å²) in [5.41, 5.74) is 0.553. The number of benzene rings is 1. The van der Waals surface area contributed by atoms with E-state index in [4.69, 9.17) is 9.84 Å². The van der Waals surface area contributed by atoms with Gasteiger partial charge in [0.25, 0.3) is 5.91 Å². The standard InChI is InChI=1S/C17H23NO4/c1-12(2)11-22-15-6-4-3-5-14(15)16(19)18-9-7-13(8-10-18)17(20)21/h3-6,12-13H,7-11H2,1-2H3,(H,20,21). The van der Waals surface area contributed by atoms with Crippen LogP contribution >= 0.6 is 0 Å². The molecule has 1 saturated heterocycles. The molecule has 22 heavy (non-hydrogen) atoms. The number of likely N-dealkylation sites (tertiary alicyclic amines) is 1. The monoisotopic (exact) mass is 305 g/mol. The number of carbonyl (C=O) groups excluding carboxylic acids is 1. The number of piperidine rings is 1. The first-order valence-corrected chi connectivity index (χ1v) is 7.73. The molecule has 0 radical (unpaired) electrons. The Hall–Kier alpha value is -2.04. The average molecular weight is 305 g/mol. The normalized spacial score (nSPS) is 15.9. The summed E-state index contributed by atoms with van der Waals surface area (Å²) >= 11 is 0. The number of carboxylic acid groups (broad SMARTS) is 1. The molecule has 1 aromatic rings. The Balaban J connectivity index is 2.05. The number of ether oxygens (including phenoxy) is 1. The molecule has 1 aliphatic rings. The van der Waals surface area contributed by atoms with E-state index in [-0.39, 0.29) is 11.8 Å². The fourth-order valence-electron chi connectivity index (χ4n) is 2.53. The molecule has 2 rings (SSSR count). The van der Waals surface area contributed by atoms with Crippen LogP contribution in [0.25, 0.3) is 0 Å². The van der Waals surface area contributed by atoms with E-state index in [1.54, 1.807) is 17.0 Å². The van der Waals surface area contributed by atoms with Crippen molar-refractivity contribution < 1.29 is 19.4 Å². The topological polar surface area (TPSA) is 66.8 Å². The summed E-state index contributed by atoms with van der Waals surface area (Å²) in [6.45, 7) is 5.64. The van der Waals surface area contributed by atoms with Crippen LogP contribution in [0.4, 0.5) is 0 Å². The van der Waals surface area contributed by atoms with Gasteiger partial charge in [-0.3, -0.25) is 9.59 Å². The molecule has 1 aliphatic heterocycles. The molecule has 1 aromatic carbocycles. The van der Waals surface area contributed by atoms with Gasteiger partial charge < -0.3 is 14.7 Å². The predicted molar refractivity (Wildman–Crippen MR) is 83.0 cm³/mol. The lowest BCUT2D eigenvalue weighted by atomic mass is 9.96. The molecule has 120 valence electrons. The highest BCUT2D eigenvalue weighted by Gasteiger charge is 2.28. The number of hydrogen-bond acceptors (Lipinski definition) is 3. The summed E-state index contributed by atoms with van der Waals surface area (Å²) < 4.78 is 5.73. The lowest BCUT2D eigenvalue weighted by molar-refractivity contribution is -0.143. The van der Waals surface area contributed by atoms with Crippen molar-refractivity contribution in [1.29, 1.82) is 0 Å². The highest BCUT2D eigenvalue weighted by atomic mass is 16.5. The molecular formula is C17H23NO4. The Morgan fingerprint density at radius 1 is 1.27 bits per heavy atom. The van der Waals surface area contributed by atoms with Crippen molar-refractivity contribution in [3.8, 4) is 5.75 Å². The summed E-state index contributed by atoms with van der Waals surface area (Å²) in [6, 6.07) is 7.24. The smallest absolute Gasteiger partial charge is 0.306 e. The summed E-state index contributed by atoms with van der Waals surface area (Å²) in [4.78, 5) is 25.3. The van der Waals surface area contributed by atoms with Crippen molar-refractivity contribution in [3.05, 3.63) is 29.8 Å². The van der Waals surface area contributed by atoms with Gasteiger partial charge in [-0.15, -0.1) is 0 Å². The quantitative estimate of drug-likeness (QED) is 0.908. The molecule has 0 saturated carbocycles. The molecule has 5 heteroatoms. The van der Waals surface area contributed by atoms with Crippen LogP contribution in [0.5, 0.6) is 5.75 Å². The van der Waals surface area contributed by atoms with Crippen molar-refractivity contribution in [3.63, 3.8) is 0 Å². The number of rotatable bonds is 5. The van der Waals surface area contributed by atoms with Crippen LogP contribution < -0.4 is 4.74 Å². The Labute approximate surface area is 130 Å².